The molecule has 2 aromatic rings. The number of amides is 1. The van der Waals surface area contributed by atoms with E-state index in [4.69, 9.17) is 9.47 Å². The Bertz CT molecular complexity index is 881. The molecule has 3 rings (SSSR count). The van der Waals surface area contributed by atoms with Crippen LogP contribution in [0.1, 0.15) is 66.9 Å². The van der Waals surface area contributed by atoms with Crippen molar-refractivity contribution < 1.29 is 27.4 Å². The Morgan fingerprint density at radius 1 is 0.968 bits per heavy atom. The second-order valence-electron chi connectivity index (χ2n) is 7.62. The molecule has 1 aliphatic carbocycles. The van der Waals surface area contributed by atoms with Crippen molar-refractivity contribution in [2.75, 3.05) is 13.2 Å². The van der Waals surface area contributed by atoms with E-state index in [0.29, 0.717) is 24.7 Å². The van der Waals surface area contributed by atoms with E-state index in [-0.39, 0.29) is 23.4 Å². The highest BCUT2D eigenvalue weighted by Crippen LogP contribution is 2.38. The van der Waals surface area contributed by atoms with Gasteiger partial charge in [0.1, 0.15) is 0 Å². The molecule has 1 amide bonds. The largest absolute Gasteiger partial charge is 0.490 e. The van der Waals surface area contributed by atoms with Crippen LogP contribution in [0.2, 0.25) is 0 Å². The van der Waals surface area contributed by atoms with E-state index < -0.39 is 11.7 Å². The van der Waals surface area contributed by atoms with E-state index in [9.17, 15) is 18.0 Å². The van der Waals surface area contributed by atoms with Crippen LogP contribution in [0.15, 0.2) is 42.5 Å². The summed E-state index contributed by atoms with van der Waals surface area (Å²) in [6.07, 6.45) is -0.653. The zero-order chi connectivity index (χ0) is 22.4. The fraction of sp³-hybridized carbons (Fsp3) is 0.458. The standard InChI is InChI=1S/C24H28F3NO3/c1-3-30-21-14-11-17(15-22(21)31-4-2)19-7-5-6-8-20(19)28-23(29)16-9-12-18(13-10-16)24(25,26)27/h9-15,19-20H,3-8H2,1-2H3,(H,28,29). The maximum Gasteiger partial charge on any atom is 0.416 e. The summed E-state index contributed by atoms with van der Waals surface area (Å²) in [7, 11) is 0. The number of benzene rings is 2. The van der Waals surface area contributed by atoms with E-state index in [1.54, 1.807) is 0 Å². The summed E-state index contributed by atoms with van der Waals surface area (Å²) < 4.78 is 49.7. The minimum absolute atomic E-state index is 0.0991. The number of halogens is 3. The second kappa shape index (κ2) is 10.1. The van der Waals surface area contributed by atoms with E-state index in [1.165, 1.54) is 12.1 Å². The van der Waals surface area contributed by atoms with E-state index in [2.05, 4.69) is 5.32 Å². The van der Waals surface area contributed by atoms with Crippen molar-refractivity contribution in [2.45, 2.75) is 57.7 Å². The summed E-state index contributed by atoms with van der Waals surface area (Å²) in [6, 6.07) is 10.1. The van der Waals surface area contributed by atoms with Crippen LogP contribution < -0.4 is 14.8 Å². The van der Waals surface area contributed by atoms with Gasteiger partial charge in [0.2, 0.25) is 0 Å². The van der Waals surface area contributed by atoms with Crippen LogP contribution in [0.4, 0.5) is 13.2 Å². The molecule has 0 aromatic heterocycles. The van der Waals surface area contributed by atoms with E-state index in [0.717, 1.165) is 43.4 Å². The molecule has 2 unspecified atom stereocenters. The Morgan fingerprint density at radius 3 is 2.26 bits per heavy atom. The maximum absolute atomic E-state index is 12.8. The number of carbonyl (C=O) groups is 1. The average molecular weight is 435 g/mol. The smallest absolute Gasteiger partial charge is 0.416 e. The number of alkyl halides is 3. The van der Waals surface area contributed by atoms with E-state index >= 15 is 0 Å². The number of ether oxygens (including phenoxy) is 2. The molecule has 31 heavy (non-hydrogen) atoms. The third-order valence-corrected chi connectivity index (χ3v) is 5.55. The predicted molar refractivity (Wildman–Crippen MR) is 113 cm³/mol. The summed E-state index contributed by atoms with van der Waals surface area (Å²) >= 11 is 0. The number of carbonyl (C=O) groups excluding carboxylic acids is 1. The first-order chi connectivity index (χ1) is 14.8. The summed E-state index contributed by atoms with van der Waals surface area (Å²) in [5, 5.41) is 3.04. The molecule has 1 N–H and O–H groups in total. The molecule has 7 heteroatoms. The van der Waals surface area contributed by atoms with Crippen LogP contribution in [0.25, 0.3) is 0 Å². The normalized spacial score (nSPS) is 19.0. The minimum atomic E-state index is -4.42. The van der Waals surface area contributed by atoms with Gasteiger partial charge in [-0.15, -0.1) is 0 Å². The van der Waals surface area contributed by atoms with Gasteiger partial charge in [-0.2, -0.15) is 13.2 Å². The first-order valence-corrected chi connectivity index (χ1v) is 10.7. The molecule has 4 nitrogen and oxygen atoms in total. The maximum atomic E-state index is 12.8. The molecular weight excluding hydrogens is 407 g/mol. The molecular formula is C24H28F3NO3. The highest BCUT2D eigenvalue weighted by atomic mass is 19.4. The van der Waals surface area contributed by atoms with Crippen LogP contribution in [0.3, 0.4) is 0 Å². The van der Waals surface area contributed by atoms with Crippen molar-refractivity contribution in [3.05, 3.63) is 59.2 Å². The zero-order valence-corrected chi connectivity index (χ0v) is 17.8. The van der Waals surface area contributed by atoms with Crippen molar-refractivity contribution in [1.29, 1.82) is 0 Å². The molecule has 0 bridgehead atoms. The average Bonchev–Trinajstić information content (AvgIpc) is 2.75. The molecule has 1 saturated carbocycles. The lowest BCUT2D eigenvalue weighted by Crippen LogP contribution is -2.41. The van der Waals surface area contributed by atoms with Gasteiger partial charge in [0, 0.05) is 17.5 Å². The van der Waals surface area contributed by atoms with Gasteiger partial charge < -0.3 is 14.8 Å². The lowest BCUT2D eigenvalue weighted by atomic mass is 9.79. The molecule has 0 aliphatic heterocycles. The predicted octanol–water partition coefficient (Wildman–Crippen LogP) is 5.96. The molecule has 0 radical (unpaired) electrons. The van der Waals surface area contributed by atoms with Gasteiger partial charge >= 0.3 is 6.18 Å². The van der Waals surface area contributed by atoms with Gasteiger partial charge in [-0.25, -0.2) is 0 Å². The third kappa shape index (κ3) is 5.71. The Labute approximate surface area is 180 Å². The lowest BCUT2D eigenvalue weighted by Gasteiger charge is -2.33. The second-order valence-corrected chi connectivity index (χ2v) is 7.62. The minimum Gasteiger partial charge on any atom is -0.490 e. The van der Waals surface area contributed by atoms with Crippen molar-refractivity contribution in [1.82, 2.24) is 5.32 Å². The van der Waals surface area contributed by atoms with Crippen molar-refractivity contribution in [2.24, 2.45) is 0 Å². The topological polar surface area (TPSA) is 47.6 Å². The lowest BCUT2D eigenvalue weighted by molar-refractivity contribution is -0.137. The Morgan fingerprint density at radius 2 is 1.61 bits per heavy atom. The molecule has 0 heterocycles. The fourth-order valence-electron chi connectivity index (χ4n) is 4.06. The highest BCUT2D eigenvalue weighted by molar-refractivity contribution is 5.94. The Hall–Kier alpha value is -2.70. The van der Waals surface area contributed by atoms with E-state index in [1.807, 2.05) is 32.0 Å². The van der Waals surface area contributed by atoms with Crippen molar-refractivity contribution in [3.8, 4) is 11.5 Å². The van der Waals surface area contributed by atoms with Crippen LogP contribution in [0, 0.1) is 0 Å². The summed E-state index contributed by atoms with van der Waals surface area (Å²) in [4.78, 5) is 12.7. The van der Waals surface area contributed by atoms with Gasteiger partial charge in [0.25, 0.3) is 5.91 Å². The highest BCUT2D eigenvalue weighted by Gasteiger charge is 2.31. The number of rotatable bonds is 7. The molecule has 0 saturated heterocycles. The van der Waals surface area contributed by atoms with Gasteiger partial charge in [0.15, 0.2) is 11.5 Å². The van der Waals surface area contributed by atoms with Gasteiger partial charge in [0.05, 0.1) is 18.8 Å². The van der Waals surface area contributed by atoms with Crippen LogP contribution in [0.5, 0.6) is 11.5 Å². The molecule has 0 spiro atoms. The van der Waals surface area contributed by atoms with Crippen molar-refractivity contribution >= 4 is 5.91 Å². The Kier molecular flexibility index (Phi) is 7.46. The fourth-order valence-corrected chi connectivity index (χ4v) is 4.06. The number of hydrogen-bond acceptors (Lipinski definition) is 3. The molecule has 1 aliphatic rings. The number of nitrogens with one attached hydrogen (secondary N) is 1. The van der Waals surface area contributed by atoms with Gasteiger partial charge in [-0.3, -0.25) is 4.79 Å². The molecule has 2 atom stereocenters. The zero-order valence-electron chi connectivity index (χ0n) is 17.8. The monoisotopic (exact) mass is 435 g/mol. The third-order valence-electron chi connectivity index (χ3n) is 5.55. The van der Waals surface area contributed by atoms with Gasteiger partial charge in [-0.1, -0.05) is 18.9 Å². The Balaban J connectivity index is 1.77. The van der Waals surface area contributed by atoms with Crippen molar-refractivity contribution in [3.63, 3.8) is 0 Å². The van der Waals surface area contributed by atoms with Crippen LogP contribution in [-0.4, -0.2) is 25.2 Å². The SMILES string of the molecule is CCOc1ccc(C2CCCCC2NC(=O)c2ccc(C(F)(F)F)cc2)cc1OCC. The molecule has 2 aromatic carbocycles. The molecule has 1 fully saturated rings. The molecule has 168 valence electrons. The quantitative estimate of drug-likeness (QED) is 0.584. The van der Waals surface area contributed by atoms with Crippen LogP contribution in [-0.2, 0) is 6.18 Å². The van der Waals surface area contributed by atoms with Crippen LogP contribution >= 0.6 is 0 Å². The van der Waals surface area contributed by atoms with Gasteiger partial charge in [-0.05, 0) is 68.7 Å². The number of hydrogen-bond donors (Lipinski definition) is 1. The summed E-state index contributed by atoms with van der Waals surface area (Å²) in [6.45, 7) is 4.88. The first kappa shape index (κ1) is 23.0. The first-order valence-electron chi connectivity index (χ1n) is 10.7. The summed E-state index contributed by atoms with van der Waals surface area (Å²) in [5.41, 5.74) is 0.515. The summed E-state index contributed by atoms with van der Waals surface area (Å²) in [5.74, 6) is 1.11.